The SMILES string of the molecule is CC(C)c1ccc(Nc2nnc(SCC(=O)N3CCNC3=O)s2)cc1. The van der Waals surface area contributed by atoms with Crippen molar-refractivity contribution < 1.29 is 9.59 Å². The van der Waals surface area contributed by atoms with E-state index in [-0.39, 0.29) is 17.7 Å². The van der Waals surface area contributed by atoms with Gasteiger partial charge in [-0.05, 0) is 23.6 Å². The summed E-state index contributed by atoms with van der Waals surface area (Å²) in [5, 5.41) is 14.7. The summed E-state index contributed by atoms with van der Waals surface area (Å²) in [5.41, 5.74) is 2.23. The van der Waals surface area contributed by atoms with Crippen molar-refractivity contribution in [2.75, 3.05) is 24.2 Å². The fraction of sp³-hybridized carbons (Fsp3) is 0.375. The lowest BCUT2D eigenvalue weighted by atomic mass is 10.0. The van der Waals surface area contributed by atoms with Crippen molar-refractivity contribution >= 4 is 45.9 Å². The molecular formula is C16H19N5O2S2. The van der Waals surface area contributed by atoms with Crippen LogP contribution in [0.4, 0.5) is 15.6 Å². The van der Waals surface area contributed by atoms with Crippen molar-refractivity contribution in [2.24, 2.45) is 0 Å². The van der Waals surface area contributed by atoms with Crippen LogP contribution >= 0.6 is 23.1 Å². The minimum absolute atomic E-state index is 0.172. The van der Waals surface area contributed by atoms with E-state index in [0.29, 0.717) is 28.5 Å². The van der Waals surface area contributed by atoms with Crippen molar-refractivity contribution in [1.82, 2.24) is 20.4 Å². The molecule has 2 heterocycles. The van der Waals surface area contributed by atoms with E-state index in [1.165, 1.54) is 33.6 Å². The Morgan fingerprint density at radius 2 is 2.12 bits per heavy atom. The van der Waals surface area contributed by atoms with Crippen LogP contribution in [-0.4, -0.2) is 45.9 Å². The summed E-state index contributed by atoms with van der Waals surface area (Å²) in [6.07, 6.45) is 0. The van der Waals surface area contributed by atoms with Gasteiger partial charge in [0.2, 0.25) is 11.0 Å². The van der Waals surface area contributed by atoms with Gasteiger partial charge in [0.25, 0.3) is 0 Å². The van der Waals surface area contributed by atoms with Gasteiger partial charge < -0.3 is 10.6 Å². The third kappa shape index (κ3) is 4.49. The first kappa shape index (κ1) is 17.7. The van der Waals surface area contributed by atoms with Crippen LogP contribution < -0.4 is 10.6 Å². The molecule has 9 heteroatoms. The molecule has 1 aliphatic heterocycles. The van der Waals surface area contributed by atoms with Gasteiger partial charge in [-0.1, -0.05) is 49.1 Å². The van der Waals surface area contributed by atoms with E-state index in [0.717, 1.165) is 5.69 Å². The van der Waals surface area contributed by atoms with Crippen LogP contribution in [0.2, 0.25) is 0 Å². The maximum atomic E-state index is 12.0. The lowest BCUT2D eigenvalue weighted by Crippen LogP contribution is -2.35. The second kappa shape index (κ2) is 7.83. The molecule has 0 spiro atoms. The van der Waals surface area contributed by atoms with Gasteiger partial charge >= 0.3 is 6.03 Å². The Morgan fingerprint density at radius 3 is 2.76 bits per heavy atom. The summed E-state index contributed by atoms with van der Waals surface area (Å²) in [5.74, 6) is 0.452. The largest absolute Gasteiger partial charge is 0.336 e. The second-order valence-corrected chi connectivity index (χ2v) is 8.04. The Bertz CT molecular complexity index is 760. The number of nitrogens with one attached hydrogen (secondary N) is 2. The van der Waals surface area contributed by atoms with Gasteiger partial charge in [0, 0.05) is 18.8 Å². The monoisotopic (exact) mass is 377 g/mol. The predicted octanol–water partition coefficient (Wildman–Crippen LogP) is 3.05. The highest BCUT2D eigenvalue weighted by Gasteiger charge is 2.26. The molecule has 25 heavy (non-hydrogen) atoms. The third-order valence-corrected chi connectivity index (χ3v) is 5.67. The molecule has 0 unspecified atom stereocenters. The first-order valence-corrected chi connectivity index (χ1v) is 9.74. The topological polar surface area (TPSA) is 87.2 Å². The molecule has 1 aromatic heterocycles. The van der Waals surface area contributed by atoms with E-state index in [1.54, 1.807) is 0 Å². The summed E-state index contributed by atoms with van der Waals surface area (Å²) < 4.78 is 0.689. The average Bonchev–Trinajstić information content (AvgIpc) is 3.22. The Hall–Kier alpha value is -2.13. The molecule has 0 bridgehead atoms. The Balaban J connectivity index is 1.53. The lowest BCUT2D eigenvalue weighted by molar-refractivity contribution is -0.124. The number of hydrogen-bond acceptors (Lipinski definition) is 7. The van der Waals surface area contributed by atoms with Crippen molar-refractivity contribution in [3.63, 3.8) is 0 Å². The number of benzene rings is 1. The first-order chi connectivity index (χ1) is 12.0. The third-order valence-electron chi connectivity index (χ3n) is 3.71. The number of thioether (sulfide) groups is 1. The molecule has 1 aromatic carbocycles. The molecule has 1 saturated heterocycles. The van der Waals surface area contributed by atoms with Crippen molar-refractivity contribution in [3.8, 4) is 0 Å². The number of carbonyl (C=O) groups is 2. The summed E-state index contributed by atoms with van der Waals surface area (Å²) in [6.45, 7) is 5.25. The second-order valence-electron chi connectivity index (χ2n) is 5.84. The molecule has 0 aliphatic carbocycles. The van der Waals surface area contributed by atoms with Gasteiger partial charge in [0.1, 0.15) is 0 Å². The fourth-order valence-electron chi connectivity index (χ4n) is 2.30. The van der Waals surface area contributed by atoms with Crippen LogP contribution in [-0.2, 0) is 4.79 Å². The molecule has 1 aliphatic rings. The van der Waals surface area contributed by atoms with Crippen molar-refractivity contribution in [3.05, 3.63) is 29.8 Å². The summed E-state index contributed by atoms with van der Waals surface area (Å²) in [7, 11) is 0. The molecule has 0 saturated carbocycles. The van der Waals surface area contributed by atoms with E-state index in [9.17, 15) is 9.59 Å². The highest BCUT2D eigenvalue weighted by atomic mass is 32.2. The van der Waals surface area contributed by atoms with Crippen molar-refractivity contribution in [2.45, 2.75) is 24.1 Å². The van der Waals surface area contributed by atoms with E-state index in [1.807, 2.05) is 12.1 Å². The van der Waals surface area contributed by atoms with Gasteiger partial charge in [0.15, 0.2) is 4.34 Å². The Morgan fingerprint density at radius 1 is 1.36 bits per heavy atom. The summed E-state index contributed by atoms with van der Waals surface area (Å²) in [6, 6.07) is 7.88. The standard InChI is InChI=1S/C16H19N5O2S2/c1-10(2)11-3-5-12(6-4-11)18-14-19-20-16(25-14)24-9-13(22)21-8-7-17-15(21)23/h3-6,10H,7-9H2,1-2H3,(H,17,23)(H,18,19). The quantitative estimate of drug-likeness (QED) is 0.753. The molecule has 132 valence electrons. The molecule has 3 amide bonds. The minimum atomic E-state index is -0.324. The number of nitrogens with zero attached hydrogens (tertiary/aromatic N) is 3. The summed E-state index contributed by atoms with van der Waals surface area (Å²) >= 11 is 2.67. The number of rotatable bonds is 6. The van der Waals surface area contributed by atoms with Gasteiger partial charge in [0.05, 0.1) is 5.75 Å². The number of imide groups is 1. The molecule has 3 rings (SSSR count). The fourth-order valence-corrected chi connectivity index (χ4v) is 3.95. The highest BCUT2D eigenvalue weighted by Crippen LogP contribution is 2.28. The van der Waals surface area contributed by atoms with E-state index in [4.69, 9.17) is 0 Å². The van der Waals surface area contributed by atoms with Crippen molar-refractivity contribution in [1.29, 1.82) is 0 Å². The van der Waals surface area contributed by atoms with Gasteiger partial charge in [-0.2, -0.15) is 0 Å². The maximum absolute atomic E-state index is 12.0. The highest BCUT2D eigenvalue weighted by molar-refractivity contribution is 8.01. The van der Waals surface area contributed by atoms with Crippen LogP contribution in [0.3, 0.4) is 0 Å². The first-order valence-electron chi connectivity index (χ1n) is 7.94. The number of aromatic nitrogens is 2. The zero-order valence-corrected chi connectivity index (χ0v) is 15.6. The van der Waals surface area contributed by atoms with Gasteiger partial charge in [-0.3, -0.25) is 9.69 Å². The smallest absolute Gasteiger partial charge is 0.324 e. The molecule has 0 radical (unpaired) electrons. The van der Waals surface area contributed by atoms with Crippen LogP contribution in [0.5, 0.6) is 0 Å². The van der Waals surface area contributed by atoms with Gasteiger partial charge in [-0.25, -0.2) is 4.79 Å². The van der Waals surface area contributed by atoms with Crippen LogP contribution in [0.1, 0.15) is 25.3 Å². The maximum Gasteiger partial charge on any atom is 0.324 e. The van der Waals surface area contributed by atoms with E-state index < -0.39 is 0 Å². The molecular weight excluding hydrogens is 358 g/mol. The molecule has 2 N–H and O–H groups in total. The molecule has 2 aromatic rings. The zero-order valence-electron chi connectivity index (χ0n) is 14.0. The minimum Gasteiger partial charge on any atom is -0.336 e. The Labute approximate surface area is 154 Å². The normalized spacial score (nSPS) is 14.0. The summed E-state index contributed by atoms with van der Waals surface area (Å²) in [4.78, 5) is 24.7. The average molecular weight is 377 g/mol. The van der Waals surface area contributed by atoms with E-state index in [2.05, 4.69) is 46.8 Å². The number of amides is 3. The number of carbonyl (C=O) groups excluding carboxylic acids is 2. The van der Waals surface area contributed by atoms with Gasteiger partial charge in [-0.15, -0.1) is 10.2 Å². The molecule has 0 atom stereocenters. The molecule has 7 nitrogen and oxygen atoms in total. The van der Waals surface area contributed by atoms with E-state index >= 15 is 0 Å². The zero-order chi connectivity index (χ0) is 17.8. The predicted molar refractivity (Wildman–Crippen MR) is 99.6 cm³/mol. The Kier molecular flexibility index (Phi) is 5.54. The molecule has 1 fully saturated rings. The number of anilines is 2. The van der Waals surface area contributed by atoms with Crippen LogP contribution in [0, 0.1) is 0 Å². The lowest BCUT2D eigenvalue weighted by Gasteiger charge is -2.10. The van der Waals surface area contributed by atoms with Crippen LogP contribution in [0.15, 0.2) is 28.6 Å². The van der Waals surface area contributed by atoms with Crippen LogP contribution in [0.25, 0.3) is 0 Å². The number of urea groups is 1. The number of hydrogen-bond donors (Lipinski definition) is 2.